The molecule has 136 valence electrons. The summed E-state index contributed by atoms with van der Waals surface area (Å²) in [5.74, 6) is 0.0837. The van der Waals surface area contributed by atoms with Gasteiger partial charge < -0.3 is 9.64 Å². The van der Waals surface area contributed by atoms with Crippen molar-refractivity contribution < 1.29 is 9.53 Å². The van der Waals surface area contributed by atoms with Crippen LogP contribution in [0.15, 0.2) is 66.7 Å². The van der Waals surface area contributed by atoms with E-state index >= 15 is 0 Å². The van der Waals surface area contributed by atoms with E-state index in [0.717, 1.165) is 38.3 Å². The van der Waals surface area contributed by atoms with E-state index < -0.39 is 0 Å². The van der Waals surface area contributed by atoms with Crippen LogP contribution in [-0.4, -0.2) is 55.0 Å². The predicted octanol–water partition coefficient (Wildman–Crippen LogP) is 3.06. The maximum absolute atomic E-state index is 12.3. The van der Waals surface area contributed by atoms with E-state index in [1.54, 1.807) is 0 Å². The van der Waals surface area contributed by atoms with Gasteiger partial charge in [-0.2, -0.15) is 0 Å². The third-order valence-electron chi connectivity index (χ3n) is 4.54. The van der Waals surface area contributed by atoms with Crippen LogP contribution in [0.4, 0.5) is 0 Å². The standard InChI is InChI=1S/C22H26N2O2/c25-22(19-26-18-21-10-5-2-6-11-21)24-16-14-23(15-17-24)13-7-12-20-8-3-1-4-9-20/h1-12H,13-19H2/b12-7+. The van der Waals surface area contributed by atoms with Crippen LogP contribution in [0, 0.1) is 0 Å². The van der Waals surface area contributed by atoms with Crippen molar-refractivity contribution in [3.63, 3.8) is 0 Å². The highest BCUT2D eigenvalue weighted by molar-refractivity contribution is 5.77. The Morgan fingerprint density at radius 3 is 2.27 bits per heavy atom. The average Bonchev–Trinajstić information content (AvgIpc) is 2.70. The van der Waals surface area contributed by atoms with Gasteiger partial charge in [-0.3, -0.25) is 9.69 Å². The summed E-state index contributed by atoms with van der Waals surface area (Å²) in [6, 6.07) is 20.3. The summed E-state index contributed by atoms with van der Waals surface area (Å²) in [6.07, 6.45) is 4.34. The SMILES string of the molecule is O=C(COCc1ccccc1)N1CCN(C/C=C/c2ccccc2)CC1. The number of ether oxygens (including phenoxy) is 1. The van der Waals surface area contributed by atoms with Crippen molar-refractivity contribution in [3.8, 4) is 0 Å². The van der Waals surface area contributed by atoms with Crippen molar-refractivity contribution in [2.24, 2.45) is 0 Å². The molecule has 0 unspecified atom stereocenters. The molecule has 1 fully saturated rings. The summed E-state index contributed by atoms with van der Waals surface area (Å²) in [5.41, 5.74) is 2.31. The van der Waals surface area contributed by atoms with E-state index in [1.807, 2.05) is 53.4 Å². The zero-order valence-electron chi connectivity index (χ0n) is 15.1. The normalized spacial score (nSPS) is 15.5. The Hall–Kier alpha value is -2.43. The van der Waals surface area contributed by atoms with Gasteiger partial charge in [0.25, 0.3) is 0 Å². The smallest absolute Gasteiger partial charge is 0.248 e. The number of piperazine rings is 1. The molecular weight excluding hydrogens is 324 g/mol. The lowest BCUT2D eigenvalue weighted by Gasteiger charge is -2.34. The maximum atomic E-state index is 12.3. The molecule has 0 spiro atoms. The molecule has 2 aromatic rings. The minimum absolute atomic E-state index is 0.0837. The predicted molar refractivity (Wildman–Crippen MR) is 105 cm³/mol. The van der Waals surface area contributed by atoms with Crippen LogP contribution < -0.4 is 0 Å². The zero-order valence-corrected chi connectivity index (χ0v) is 15.1. The largest absolute Gasteiger partial charge is 0.367 e. The highest BCUT2D eigenvalue weighted by Gasteiger charge is 2.20. The molecule has 1 aliphatic rings. The third-order valence-corrected chi connectivity index (χ3v) is 4.54. The Morgan fingerprint density at radius 2 is 1.58 bits per heavy atom. The Kier molecular flexibility index (Phi) is 6.99. The second-order valence-corrected chi connectivity index (χ2v) is 6.47. The molecule has 0 radical (unpaired) electrons. The number of carbonyl (C=O) groups excluding carboxylic acids is 1. The average molecular weight is 350 g/mol. The lowest BCUT2D eigenvalue weighted by molar-refractivity contribution is -0.138. The monoisotopic (exact) mass is 350 g/mol. The minimum atomic E-state index is 0.0837. The molecule has 0 bridgehead atoms. The van der Waals surface area contributed by atoms with Gasteiger partial charge in [-0.1, -0.05) is 72.8 Å². The van der Waals surface area contributed by atoms with Crippen LogP contribution in [0.3, 0.4) is 0 Å². The molecule has 1 heterocycles. The number of hydrogen-bond donors (Lipinski definition) is 0. The van der Waals surface area contributed by atoms with Crippen LogP contribution in [0.25, 0.3) is 6.08 Å². The van der Waals surface area contributed by atoms with Crippen LogP contribution in [0.1, 0.15) is 11.1 Å². The number of benzene rings is 2. The summed E-state index contributed by atoms with van der Waals surface area (Å²) in [4.78, 5) is 16.5. The van der Waals surface area contributed by atoms with E-state index in [9.17, 15) is 4.79 Å². The molecule has 4 heteroatoms. The van der Waals surface area contributed by atoms with Gasteiger partial charge in [-0.05, 0) is 11.1 Å². The lowest BCUT2D eigenvalue weighted by Crippen LogP contribution is -2.49. The molecule has 0 aromatic heterocycles. The van der Waals surface area contributed by atoms with E-state index in [1.165, 1.54) is 5.56 Å². The quantitative estimate of drug-likeness (QED) is 0.769. The first-order chi connectivity index (χ1) is 12.8. The summed E-state index contributed by atoms with van der Waals surface area (Å²) < 4.78 is 5.56. The first-order valence-corrected chi connectivity index (χ1v) is 9.14. The van der Waals surface area contributed by atoms with Gasteiger partial charge in [0.2, 0.25) is 5.91 Å². The van der Waals surface area contributed by atoms with Gasteiger partial charge >= 0.3 is 0 Å². The molecule has 3 rings (SSSR count). The molecule has 0 saturated carbocycles. The molecule has 4 nitrogen and oxygen atoms in total. The number of amides is 1. The second kappa shape index (κ2) is 9.90. The molecule has 2 aromatic carbocycles. The first kappa shape index (κ1) is 18.4. The zero-order chi connectivity index (χ0) is 18.0. The fourth-order valence-electron chi connectivity index (χ4n) is 3.00. The number of nitrogens with zero attached hydrogens (tertiary/aromatic N) is 2. The van der Waals surface area contributed by atoms with Gasteiger partial charge in [0.15, 0.2) is 0 Å². The van der Waals surface area contributed by atoms with Crippen molar-refractivity contribution in [1.29, 1.82) is 0 Å². The summed E-state index contributed by atoms with van der Waals surface area (Å²) in [5, 5.41) is 0. The number of hydrogen-bond acceptors (Lipinski definition) is 3. The van der Waals surface area contributed by atoms with Gasteiger partial charge in [0.1, 0.15) is 6.61 Å². The van der Waals surface area contributed by atoms with Gasteiger partial charge in [-0.25, -0.2) is 0 Å². The molecule has 1 amide bonds. The Labute approximate surface area is 155 Å². The molecule has 1 aliphatic heterocycles. The van der Waals surface area contributed by atoms with E-state index in [-0.39, 0.29) is 12.5 Å². The van der Waals surface area contributed by atoms with Crippen LogP contribution in [0.5, 0.6) is 0 Å². The molecular formula is C22H26N2O2. The highest BCUT2D eigenvalue weighted by Crippen LogP contribution is 2.06. The minimum Gasteiger partial charge on any atom is -0.367 e. The molecule has 0 aliphatic carbocycles. The highest BCUT2D eigenvalue weighted by atomic mass is 16.5. The number of carbonyl (C=O) groups is 1. The van der Waals surface area contributed by atoms with E-state index in [0.29, 0.717) is 6.61 Å². The van der Waals surface area contributed by atoms with Crippen molar-refractivity contribution in [1.82, 2.24) is 9.80 Å². The van der Waals surface area contributed by atoms with Gasteiger partial charge in [-0.15, -0.1) is 0 Å². The second-order valence-electron chi connectivity index (χ2n) is 6.47. The van der Waals surface area contributed by atoms with Crippen molar-refractivity contribution in [2.75, 3.05) is 39.3 Å². The number of rotatable bonds is 7. The summed E-state index contributed by atoms with van der Waals surface area (Å²) >= 11 is 0. The summed E-state index contributed by atoms with van der Waals surface area (Å²) in [6.45, 7) is 4.91. The Bertz CT molecular complexity index is 693. The van der Waals surface area contributed by atoms with Crippen LogP contribution in [-0.2, 0) is 16.1 Å². The van der Waals surface area contributed by atoms with E-state index in [4.69, 9.17) is 4.74 Å². The lowest BCUT2D eigenvalue weighted by atomic mass is 10.2. The Morgan fingerprint density at radius 1 is 0.923 bits per heavy atom. The van der Waals surface area contributed by atoms with Gasteiger partial charge in [0.05, 0.1) is 6.61 Å². The molecule has 26 heavy (non-hydrogen) atoms. The Balaban J connectivity index is 1.34. The molecule has 0 atom stereocenters. The van der Waals surface area contributed by atoms with Gasteiger partial charge in [0, 0.05) is 32.7 Å². The van der Waals surface area contributed by atoms with E-state index in [2.05, 4.69) is 29.2 Å². The van der Waals surface area contributed by atoms with Crippen LogP contribution >= 0.6 is 0 Å². The first-order valence-electron chi connectivity index (χ1n) is 9.14. The molecule has 0 N–H and O–H groups in total. The topological polar surface area (TPSA) is 32.8 Å². The van der Waals surface area contributed by atoms with Crippen molar-refractivity contribution in [3.05, 3.63) is 77.9 Å². The fraction of sp³-hybridized carbons (Fsp3) is 0.318. The van der Waals surface area contributed by atoms with Crippen LogP contribution in [0.2, 0.25) is 0 Å². The molecule has 1 saturated heterocycles. The fourth-order valence-corrected chi connectivity index (χ4v) is 3.00. The van der Waals surface area contributed by atoms with Crippen molar-refractivity contribution >= 4 is 12.0 Å². The van der Waals surface area contributed by atoms with Crippen molar-refractivity contribution in [2.45, 2.75) is 6.61 Å². The summed E-state index contributed by atoms with van der Waals surface area (Å²) in [7, 11) is 0. The third kappa shape index (κ3) is 5.83. The maximum Gasteiger partial charge on any atom is 0.248 e.